The van der Waals surface area contributed by atoms with Gasteiger partial charge in [0.25, 0.3) is 11.5 Å². The van der Waals surface area contributed by atoms with Gasteiger partial charge in [0, 0.05) is 23.5 Å². The second-order valence-electron chi connectivity index (χ2n) is 6.96. The van der Waals surface area contributed by atoms with Crippen molar-refractivity contribution in [3.05, 3.63) is 101 Å². The van der Waals surface area contributed by atoms with Crippen molar-refractivity contribution in [1.82, 2.24) is 19.3 Å². The maximum atomic E-state index is 13.0. The topological polar surface area (TPSA) is 81.3 Å². The number of carbonyl (C=O) groups is 1. The van der Waals surface area contributed by atoms with Crippen molar-refractivity contribution in [1.29, 1.82) is 0 Å². The number of aromatic nitrogens is 4. The van der Waals surface area contributed by atoms with E-state index in [1.54, 1.807) is 28.9 Å². The van der Waals surface area contributed by atoms with E-state index in [9.17, 15) is 9.59 Å². The number of fused-ring (bicyclic) bond motifs is 3. The number of carbonyl (C=O) groups excluding carboxylic acids is 1. The molecule has 0 aliphatic heterocycles. The minimum absolute atomic E-state index is 0.353. The lowest BCUT2D eigenvalue weighted by Gasteiger charge is -2.11. The molecule has 0 saturated heterocycles. The summed E-state index contributed by atoms with van der Waals surface area (Å²) < 4.78 is 2.82. The molecule has 0 saturated carbocycles. The lowest BCUT2D eigenvalue weighted by Crippen LogP contribution is -2.33. The zero-order valence-electron chi connectivity index (χ0n) is 16.1. The predicted molar refractivity (Wildman–Crippen MR) is 115 cm³/mol. The monoisotopic (exact) mass is 395 g/mol. The number of rotatable bonds is 3. The van der Waals surface area contributed by atoms with E-state index in [1.165, 1.54) is 17.1 Å². The summed E-state index contributed by atoms with van der Waals surface area (Å²) in [5.74, 6) is -0.353. The fraction of sp³-hybridized carbons (Fsp3) is 0.0435. The first-order valence-electron chi connectivity index (χ1n) is 9.44. The van der Waals surface area contributed by atoms with Crippen LogP contribution in [0.25, 0.3) is 27.7 Å². The summed E-state index contributed by atoms with van der Waals surface area (Å²) in [5, 5.41) is 4.79. The zero-order chi connectivity index (χ0) is 20.7. The number of nitrogens with one attached hydrogen (secondary N) is 1. The van der Waals surface area contributed by atoms with Gasteiger partial charge in [0.1, 0.15) is 0 Å². The number of pyridine rings is 1. The Labute approximate surface area is 171 Å². The Morgan fingerprint density at radius 3 is 2.53 bits per heavy atom. The number of benzene rings is 2. The minimum Gasteiger partial charge on any atom is -0.267 e. The SMILES string of the molecule is Cc1ccccc1C(=O)Nn1ccc2c(cnc3c(-c4ccccc4)cnn32)c1=O. The molecule has 0 fully saturated rings. The average Bonchev–Trinajstić information content (AvgIpc) is 3.21. The molecular formula is C23H17N5O2. The van der Waals surface area contributed by atoms with Crippen LogP contribution in [0.5, 0.6) is 0 Å². The molecule has 5 aromatic rings. The van der Waals surface area contributed by atoms with Crippen molar-refractivity contribution < 1.29 is 4.79 Å². The highest BCUT2D eigenvalue weighted by Crippen LogP contribution is 2.24. The first kappa shape index (κ1) is 17.8. The van der Waals surface area contributed by atoms with Crippen LogP contribution < -0.4 is 11.0 Å². The van der Waals surface area contributed by atoms with Gasteiger partial charge >= 0.3 is 0 Å². The minimum atomic E-state index is -0.374. The highest BCUT2D eigenvalue weighted by atomic mass is 16.2. The van der Waals surface area contributed by atoms with Gasteiger partial charge < -0.3 is 0 Å². The van der Waals surface area contributed by atoms with Crippen molar-refractivity contribution in [3.8, 4) is 11.1 Å². The Morgan fingerprint density at radius 2 is 1.73 bits per heavy atom. The number of amides is 1. The Morgan fingerprint density at radius 1 is 0.967 bits per heavy atom. The molecule has 2 aromatic carbocycles. The third kappa shape index (κ3) is 2.84. The Kier molecular flexibility index (Phi) is 4.14. The molecule has 1 amide bonds. The molecular weight excluding hydrogens is 378 g/mol. The number of hydrogen-bond acceptors (Lipinski definition) is 4. The maximum Gasteiger partial charge on any atom is 0.280 e. The van der Waals surface area contributed by atoms with E-state index in [0.717, 1.165) is 16.7 Å². The van der Waals surface area contributed by atoms with Gasteiger partial charge in [0.2, 0.25) is 0 Å². The fourth-order valence-electron chi connectivity index (χ4n) is 3.52. The average molecular weight is 395 g/mol. The van der Waals surface area contributed by atoms with Gasteiger partial charge in [-0.25, -0.2) is 14.2 Å². The van der Waals surface area contributed by atoms with Gasteiger partial charge in [0.05, 0.1) is 17.1 Å². The summed E-state index contributed by atoms with van der Waals surface area (Å²) in [6, 6.07) is 18.8. The molecule has 146 valence electrons. The van der Waals surface area contributed by atoms with E-state index in [2.05, 4.69) is 15.5 Å². The van der Waals surface area contributed by atoms with E-state index < -0.39 is 0 Å². The molecule has 7 heteroatoms. The normalized spacial score (nSPS) is 11.1. The largest absolute Gasteiger partial charge is 0.280 e. The molecule has 30 heavy (non-hydrogen) atoms. The third-order valence-corrected chi connectivity index (χ3v) is 5.09. The highest BCUT2D eigenvalue weighted by molar-refractivity contribution is 6.01. The Balaban J connectivity index is 1.58. The molecule has 0 unspecified atom stereocenters. The van der Waals surface area contributed by atoms with Crippen LogP contribution in [0.15, 0.2) is 84.0 Å². The van der Waals surface area contributed by atoms with Crippen molar-refractivity contribution in [2.45, 2.75) is 6.92 Å². The molecule has 3 heterocycles. The summed E-state index contributed by atoms with van der Waals surface area (Å²) in [6.07, 6.45) is 4.80. The van der Waals surface area contributed by atoms with Crippen LogP contribution in [0.2, 0.25) is 0 Å². The van der Waals surface area contributed by atoms with Crippen LogP contribution in [0.1, 0.15) is 15.9 Å². The van der Waals surface area contributed by atoms with E-state index in [4.69, 9.17) is 0 Å². The molecule has 7 nitrogen and oxygen atoms in total. The van der Waals surface area contributed by atoms with Crippen LogP contribution in [0, 0.1) is 6.92 Å². The van der Waals surface area contributed by atoms with E-state index in [0.29, 0.717) is 22.1 Å². The summed E-state index contributed by atoms with van der Waals surface area (Å²) >= 11 is 0. The predicted octanol–water partition coefficient (Wildman–Crippen LogP) is 3.40. The molecule has 0 radical (unpaired) electrons. The van der Waals surface area contributed by atoms with Crippen LogP contribution in [0.3, 0.4) is 0 Å². The van der Waals surface area contributed by atoms with Gasteiger partial charge in [0.15, 0.2) is 5.65 Å². The molecule has 0 aliphatic rings. The van der Waals surface area contributed by atoms with Crippen LogP contribution in [0.4, 0.5) is 0 Å². The highest BCUT2D eigenvalue weighted by Gasteiger charge is 2.14. The molecule has 1 N–H and O–H groups in total. The second kappa shape index (κ2) is 6.97. The standard InChI is InChI=1S/C23H17N5O2/c1-15-7-5-6-10-17(15)22(29)26-27-12-11-20-19(23(27)30)13-24-21-18(14-25-28(20)21)16-8-3-2-4-9-16/h2-14H,1H3,(H,26,29). The Hall–Kier alpha value is -4.26. The molecule has 0 atom stereocenters. The van der Waals surface area contributed by atoms with E-state index in [-0.39, 0.29) is 11.5 Å². The lowest BCUT2D eigenvalue weighted by molar-refractivity contribution is 0.101. The number of hydrogen-bond donors (Lipinski definition) is 1. The van der Waals surface area contributed by atoms with Gasteiger partial charge in [-0.1, -0.05) is 48.5 Å². The number of aryl methyl sites for hydroxylation is 1. The van der Waals surface area contributed by atoms with E-state index in [1.807, 2.05) is 49.4 Å². The van der Waals surface area contributed by atoms with Gasteiger partial charge in [-0.15, -0.1) is 0 Å². The first-order valence-corrected chi connectivity index (χ1v) is 9.44. The van der Waals surface area contributed by atoms with Gasteiger partial charge in [-0.3, -0.25) is 15.0 Å². The first-order chi connectivity index (χ1) is 14.6. The lowest BCUT2D eigenvalue weighted by atomic mass is 10.1. The maximum absolute atomic E-state index is 13.0. The van der Waals surface area contributed by atoms with Gasteiger partial charge in [-0.2, -0.15) is 5.10 Å². The van der Waals surface area contributed by atoms with Gasteiger partial charge in [-0.05, 0) is 30.2 Å². The van der Waals surface area contributed by atoms with Crippen LogP contribution in [-0.2, 0) is 0 Å². The van der Waals surface area contributed by atoms with Crippen molar-refractivity contribution in [2.75, 3.05) is 5.43 Å². The summed E-state index contributed by atoms with van der Waals surface area (Å²) in [7, 11) is 0. The zero-order valence-corrected chi connectivity index (χ0v) is 16.1. The summed E-state index contributed by atoms with van der Waals surface area (Å²) in [5.41, 5.74) is 6.78. The smallest absolute Gasteiger partial charge is 0.267 e. The number of nitrogens with zero attached hydrogens (tertiary/aromatic N) is 4. The van der Waals surface area contributed by atoms with Crippen LogP contribution >= 0.6 is 0 Å². The van der Waals surface area contributed by atoms with Crippen molar-refractivity contribution in [3.63, 3.8) is 0 Å². The van der Waals surface area contributed by atoms with Crippen LogP contribution in [-0.4, -0.2) is 25.2 Å². The molecule has 0 spiro atoms. The second-order valence-corrected chi connectivity index (χ2v) is 6.96. The van der Waals surface area contributed by atoms with Crippen molar-refractivity contribution >= 4 is 22.5 Å². The summed E-state index contributed by atoms with van der Waals surface area (Å²) in [6.45, 7) is 1.85. The fourth-order valence-corrected chi connectivity index (χ4v) is 3.52. The van der Waals surface area contributed by atoms with Crippen molar-refractivity contribution in [2.24, 2.45) is 0 Å². The molecule has 0 bridgehead atoms. The Bertz CT molecular complexity index is 1470. The quantitative estimate of drug-likeness (QED) is 0.508. The molecule has 5 rings (SSSR count). The third-order valence-electron chi connectivity index (χ3n) is 5.09. The molecule has 0 aliphatic carbocycles. The van der Waals surface area contributed by atoms with E-state index >= 15 is 0 Å². The summed E-state index contributed by atoms with van der Waals surface area (Å²) in [4.78, 5) is 30.0. The molecule has 3 aromatic heterocycles.